The van der Waals surface area contributed by atoms with Crippen molar-refractivity contribution in [1.29, 1.82) is 0 Å². The van der Waals surface area contributed by atoms with Crippen LogP contribution in [-0.4, -0.2) is 0 Å². The molecule has 0 bridgehead atoms. The summed E-state index contributed by atoms with van der Waals surface area (Å²) in [4.78, 5) is 0. The second kappa shape index (κ2) is 4.85. The third-order valence-electron chi connectivity index (χ3n) is 2.11. The molecule has 1 aromatic rings. The molecule has 0 saturated carbocycles. The summed E-state index contributed by atoms with van der Waals surface area (Å²) in [5, 5.41) is 0. The van der Waals surface area contributed by atoms with Gasteiger partial charge in [0.2, 0.25) is 0 Å². The lowest BCUT2D eigenvalue weighted by atomic mass is 10.1. The first-order valence-corrected chi connectivity index (χ1v) is 5.04. The molecule has 0 amide bonds. The Bertz CT molecular complexity index is 307. The van der Waals surface area contributed by atoms with E-state index >= 15 is 0 Å². The van der Waals surface area contributed by atoms with Crippen molar-refractivity contribution in [3.63, 3.8) is 0 Å². The van der Waals surface area contributed by atoms with Crippen molar-refractivity contribution in [1.82, 2.24) is 0 Å². The van der Waals surface area contributed by atoms with E-state index in [1.807, 2.05) is 25.1 Å². The lowest BCUT2D eigenvalue weighted by molar-refractivity contribution is 0.367. The van der Waals surface area contributed by atoms with Crippen molar-refractivity contribution in [3.8, 4) is 5.75 Å². The molecule has 0 fully saturated rings. The molecule has 1 aromatic carbocycles. The van der Waals surface area contributed by atoms with E-state index in [0.29, 0.717) is 5.92 Å². The normalized spacial score (nSPS) is 11.9. The fourth-order valence-electron chi connectivity index (χ4n) is 1.25. The Balaban J connectivity index is 2.73. The average molecular weight is 190 g/mol. The van der Waals surface area contributed by atoms with E-state index in [-0.39, 0.29) is 0 Å². The second-order valence-corrected chi connectivity index (χ2v) is 3.76. The zero-order valence-electron chi connectivity index (χ0n) is 9.37. The Morgan fingerprint density at radius 2 is 1.79 bits per heavy atom. The molecule has 0 atom stereocenters. The topological polar surface area (TPSA) is 9.23 Å². The lowest BCUT2D eigenvalue weighted by Crippen LogP contribution is -2.02. The summed E-state index contributed by atoms with van der Waals surface area (Å²) in [7, 11) is 0. The molecular formula is C13H18O. The van der Waals surface area contributed by atoms with Gasteiger partial charge in [-0.25, -0.2) is 0 Å². The third kappa shape index (κ3) is 2.91. The molecular weight excluding hydrogens is 172 g/mol. The molecule has 0 unspecified atom stereocenters. The van der Waals surface area contributed by atoms with E-state index in [2.05, 4.69) is 32.9 Å². The molecule has 76 valence electrons. The van der Waals surface area contributed by atoms with E-state index in [0.717, 1.165) is 11.5 Å². The van der Waals surface area contributed by atoms with Crippen LogP contribution in [0.1, 0.15) is 26.3 Å². The van der Waals surface area contributed by atoms with Crippen molar-refractivity contribution in [2.75, 3.05) is 0 Å². The Hall–Kier alpha value is -1.24. The first-order chi connectivity index (χ1) is 6.63. The Labute approximate surface area is 86.4 Å². The van der Waals surface area contributed by atoms with Gasteiger partial charge in [0.05, 0.1) is 0 Å². The number of hydrogen-bond donors (Lipinski definition) is 0. The fourth-order valence-corrected chi connectivity index (χ4v) is 1.25. The van der Waals surface area contributed by atoms with Crippen LogP contribution in [0.2, 0.25) is 0 Å². The maximum atomic E-state index is 5.74. The summed E-state index contributed by atoms with van der Waals surface area (Å²) in [6, 6.07) is 8.12. The smallest absolute Gasteiger partial charge is 0.126 e. The molecule has 0 aliphatic rings. The van der Waals surface area contributed by atoms with Crippen LogP contribution in [0, 0.1) is 12.8 Å². The number of ether oxygens (including phenoxy) is 1. The predicted octanol–water partition coefficient (Wildman–Crippen LogP) is 3.93. The average Bonchev–Trinajstić information content (AvgIpc) is 2.16. The second-order valence-electron chi connectivity index (χ2n) is 3.76. The molecule has 14 heavy (non-hydrogen) atoms. The van der Waals surface area contributed by atoms with Crippen molar-refractivity contribution < 1.29 is 4.74 Å². The van der Waals surface area contributed by atoms with Gasteiger partial charge in [0, 0.05) is 5.92 Å². The summed E-state index contributed by atoms with van der Waals surface area (Å²) in [6.45, 7) is 8.33. The number of rotatable bonds is 3. The highest BCUT2D eigenvalue weighted by molar-refractivity contribution is 5.28. The van der Waals surface area contributed by atoms with Gasteiger partial charge in [0.1, 0.15) is 11.5 Å². The maximum absolute atomic E-state index is 5.74. The molecule has 0 radical (unpaired) electrons. The zero-order chi connectivity index (χ0) is 10.6. The summed E-state index contributed by atoms with van der Waals surface area (Å²) in [6.07, 6.45) is 2.02. The minimum Gasteiger partial charge on any atom is -0.462 e. The highest BCUT2D eigenvalue weighted by Crippen LogP contribution is 2.18. The van der Waals surface area contributed by atoms with Crippen molar-refractivity contribution >= 4 is 0 Å². The number of benzene rings is 1. The van der Waals surface area contributed by atoms with Gasteiger partial charge in [-0.05, 0) is 32.1 Å². The Kier molecular flexibility index (Phi) is 3.75. The lowest BCUT2D eigenvalue weighted by Gasteiger charge is -2.12. The van der Waals surface area contributed by atoms with E-state index in [1.165, 1.54) is 5.56 Å². The van der Waals surface area contributed by atoms with Gasteiger partial charge >= 0.3 is 0 Å². The van der Waals surface area contributed by atoms with Crippen LogP contribution in [0.3, 0.4) is 0 Å². The van der Waals surface area contributed by atoms with Crippen LogP contribution in [0.5, 0.6) is 5.75 Å². The van der Waals surface area contributed by atoms with Crippen LogP contribution in [-0.2, 0) is 0 Å². The van der Waals surface area contributed by atoms with Crippen molar-refractivity contribution in [2.24, 2.45) is 5.92 Å². The van der Waals surface area contributed by atoms with E-state index in [1.54, 1.807) is 0 Å². The highest BCUT2D eigenvalue weighted by Gasteiger charge is 2.03. The Morgan fingerprint density at radius 1 is 1.21 bits per heavy atom. The predicted molar refractivity (Wildman–Crippen MR) is 60.4 cm³/mol. The van der Waals surface area contributed by atoms with E-state index < -0.39 is 0 Å². The van der Waals surface area contributed by atoms with Gasteiger partial charge in [0.15, 0.2) is 0 Å². The minimum atomic E-state index is 0.432. The van der Waals surface area contributed by atoms with Crippen LogP contribution < -0.4 is 4.74 Å². The van der Waals surface area contributed by atoms with Crippen molar-refractivity contribution in [2.45, 2.75) is 27.7 Å². The molecule has 0 spiro atoms. The molecule has 0 heterocycles. The highest BCUT2D eigenvalue weighted by atomic mass is 16.5. The quantitative estimate of drug-likeness (QED) is 0.656. The van der Waals surface area contributed by atoms with Gasteiger partial charge in [-0.3, -0.25) is 0 Å². The summed E-state index contributed by atoms with van der Waals surface area (Å²) in [5.74, 6) is 2.37. The SMILES string of the molecule is C/C=C(\Oc1ccc(C)cc1)C(C)C. The standard InChI is InChI=1S/C13H18O/c1-5-13(10(2)3)14-12-8-6-11(4)7-9-12/h5-10H,1-4H3/b13-5-. The molecule has 0 saturated heterocycles. The molecule has 1 nitrogen and oxygen atoms in total. The van der Waals surface area contributed by atoms with E-state index in [4.69, 9.17) is 4.74 Å². The summed E-state index contributed by atoms with van der Waals surface area (Å²) in [5.41, 5.74) is 1.25. The van der Waals surface area contributed by atoms with Crippen LogP contribution in [0.15, 0.2) is 36.1 Å². The van der Waals surface area contributed by atoms with Gasteiger partial charge in [0.25, 0.3) is 0 Å². The summed E-state index contributed by atoms with van der Waals surface area (Å²) >= 11 is 0. The van der Waals surface area contributed by atoms with Crippen LogP contribution in [0.4, 0.5) is 0 Å². The van der Waals surface area contributed by atoms with Gasteiger partial charge in [-0.2, -0.15) is 0 Å². The van der Waals surface area contributed by atoms with Crippen LogP contribution in [0.25, 0.3) is 0 Å². The first kappa shape index (κ1) is 10.8. The molecule has 0 aromatic heterocycles. The van der Waals surface area contributed by atoms with Gasteiger partial charge in [-0.15, -0.1) is 0 Å². The zero-order valence-corrected chi connectivity index (χ0v) is 9.37. The number of allylic oxidation sites excluding steroid dienone is 2. The fraction of sp³-hybridized carbons (Fsp3) is 0.385. The third-order valence-corrected chi connectivity index (χ3v) is 2.11. The Morgan fingerprint density at radius 3 is 2.21 bits per heavy atom. The van der Waals surface area contributed by atoms with E-state index in [9.17, 15) is 0 Å². The largest absolute Gasteiger partial charge is 0.462 e. The summed E-state index contributed by atoms with van der Waals surface area (Å²) < 4.78 is 5.74. The molecule has 0 N–H and O–H groups in total. The van der Waals surface area contributed by atoms with Gasteiger partial charge in [-0.1, -0.05) is 31.5 Å². The monoisotopic (exact) mass is 190 g/mol. The molecule has 0 aliphatic carbocycles. The number of aryl methyl sites for hydroxylation is 1. The van der Waals surface area contributed by atoms with Gasteiger partial charge < -0.3 is 4.74 Å². The van der Waals surface area contributed by atoms with Crippen LogP contribution >= 0.6 is 0 Å². The first-order valence-electron chi connectivity index (χ1n) is 5.04. The number of hydrogen-bond acceptors (Lipinski definition) is 1. The van der Waals surface area contributed by atoms with Crippen molar-refractivity contribution in [3.05, 3.63) is 41.7 Å². The molecule has 1 rings (SSSR count). The molecule has 0 aliphatic heterocycles. The minimum absolute atomic E-state index is 0.432. The maximum Gasteiger partial charge on any atom is 0.126 e. The molecule has 1 heteroatoms.